The molecule has 0 fully saturated rings. The third-order valence-corrected chi connectivity index (χ3v) is 3.82. The number of carbonyl (C=O) groups is 2. The first-order valence-electron chi connectivity index (χ1n) is 7.72. The Morgan fingerprint density at radius 3 is 2.77 bits per heavy atom. The van der Waals surface area contributed by atoms with E-state index in [0.29, 0.717) is 27.6 Å². The summed E-state index contributed by atoms with van der Waals surface area (Å²) in [6.45, 7) is 4.88. The second-order valence-corrected chi connectivity index (χ2v) is 6.09. The molecule has 3 aromatic heterocycles. The van der Waals surface area contributed by atoms with Gasteiger partial charge in [0.05, 0.1) is 21.7 Å². The van der Waals surface area contributed by atoms with Crippen LogP contribution in [0.5, 0.6) is 0 Å². The van der Waals surface area contributed by atoms with Crippen molar-refractivity contribution < 1.29 is 18.8 Å². The minimum atomic E-state index is -1.04. The molecule has 3 heterocycles. The molecule has 1 atom stereocenters. The minimum Gasteiger partial charge on any atom is -0.449 e. The van der Waals surface area contributed by atoms with Crippen molar-refractivity contribution in [3.63, 3.8) is 0 Å². The average molecular weight is 375 g/mol. The summed E-state index contributed by atoms with van der Waals surface area (Å²) < 4.78 is 10.4. The molecule has 0 spiro atoms. The van der Waals surface area contributed by atoms with Crippen LogP contribution in [0.1, 0.15) is 28.7 Å². The number of hydrogen-bond donors (Lipinski definition) is 1. The van der Waals surface area contributed by atoms with Crippen LogP contribution >= 0.6 is 11.6 Å². The molecule has 0 aliphatic carbocycles. The van der Waals surface area contributed by atoms with Crippen LogP contribution in [-0.4, -0.2) is 33.1 Å². The van der Waals surface area contributed by atoms with Gasteiger partial charge in [-0.1, -0.05) is 16.8 Å². The quantitative estimate of drug-likeness (QED) is 0.699. The predicted octanol–water partition coefficient (Wildman–Crippen LogP) is 3.07. The van der Waals surface area contributed by atoms with Gasteiger partial charge in [0.25, 0.3) is 11.6 Å². The highest BCUT2D eigenvalue weighted by Gasteiger charge is 2.23. The van der Waals surface area contributed by atoms with E-state index in [4.69, 9.17) is 20.9 Å². The number of ether oxygens (including phenoxy) is 1. The number of aromatic nitrogens is 3. The van der Waals surface area contributed by atoms with Gasteiger partial charge >= 0.3 is 5.97 Å². The number of amides is 1. The lowest BCUT2D eigenvalue weighted by Gasteiger charge is -2.13. The van der Waals surface area contributed by atoms with E-state index in [9.17, 15) is 9.59 Å². The maximum Gasteiger partial charge on any atom is 0.339 e. The van der Waals surface area contributed by atoms with E-state index < -0.39 is 18.0 Å². The van der Waals surface area contributed by atoms with Gasteiger partial charge in [0.1, 0.15) is 5.82 Å². The molecule has 3 aromatic rings. The molecule has 1 unspecified atom stereocenters. The first-order valence-corrected chi connectivity index (χ1v) is 8.10. The predicted molar refractivity (Wildman–Crippen MR) is 94.0 cm³/mol. The molecule has 3 rings (SSSR count). The normalized spacial score (nSPS) is 12.0. The highest BCUT2D eigenvalue weighted by Crippen LogP contribution is 2.23. The number of pyridine rings is 2. The minimum absolute atomic E-state index is 0.246. The Labute approximate surface area is 153 Å². The second kappa shape index (κ2) is 7.09. The number of fused-ring (bicyclic) bond motifs is 1. The number of esters is 1. The molecule has 9 heteroatoms. The Hall–Kier alpha value is -3.00. The van der Waals surface area contributed by atoms with Crippen molar-refractivity contribution in [2.75, 3.05) is 5.32 Å². The number of carbonyl (C=O) groups excluding carboxylic acids is 2. The summed E-state index contributed by atoms with van der Waals surface area (Å²) in [6, 6.07) is 4.71. The van der Waals surface area contributed by atoms with Crippen molar-refractivity contribution in [3.05, 3.63) is 46.4 Å². The van der Waals surface area contributed by atoms with Crippen LogP contribution in [0.15, 0.2) is 28.9 Å². The summed E-state index contributed by atoms with van der Waals surface area (Å²) >= 11 is 5.75. The highest BCUT2D eigenvalue weighted by molar-refractivity contribution is 6.30. The van der Waals surface area contributed by atoms with Gasteiger partial charge in [0.15, 0.2) is 6.10 Å². The zero-order valence-electron chi connectivity index (χ0n) is 14.2. The fourth-order valence-corrected chi connectivity index (χ4v) is 2.45. The highest BCUT2D eigenvalue weighted by atomic mass is 35.5. The molecule has 0 aliphatic heterocycles. The zero-order chi connectivity index (χ0) is 18.8. The van der Waals surface area contributed by atoms with Gasteiger partial charge in [0.2, 0.25) is 0 Å². The number of anilines is 1. The van der Waals surface area contributed by atoms with Crippen molar-refractivity contribution in [2.24, 2.45) is 0 Å². The molecule has 0 saturated carbocycles. The first kappa shape index (κ1) is 17.8. The van der Waals surface area contributed by atoms with Crippen molar-refractivity contribution in [1.82, 2.24) is 15.1 Å². The summed E-state index contributed by atoms with van der Waals surface area (Å²) in [5.41, 5.74) is 1.58. The lowest BCUT2D eigenvalue weighted by Crippen LogP contribution is -2.30. The fourth-order valence-electron chi connectivity index (χ4n) is 2.33. The van der Waals surface area contributed by atoms with E-state index in [-0.39, 0.29) is 11.3 Å². The van der Waals surface area contributed by atoms with Crippen LogP contribution in [0.4, 0.5) is 5.82 Å². The summed E-state index contributed by atoms with van der Waals surface area (Å²) in [5, 5.41) is 7.28. The van der Waals surface area contributed by atoms with Crippen molar-refractivity contribution in [1.29, 1.82) is 0 Å². The molecule has 1 amide bonds. The Bertz CT molecular complexity index is 984. The van der Waals surface area contributed by atoms with Crippen LogP contribution < -0.4 is 5.32 Å². The van der Waals surface area contributed by atoms with Crippen molar-refractivity contribution in [3.8, 4) is 0 Å². The summed E-state index contributed by atoms with van der Waals surface area (Å²) in [7, 11) is 0. The zero-order valence-corrected chi connectivity index (χ0v) is 15.0. The van der Waals surface area contributed by atoms with Gasteiger partial charge < -0.3 is 14.6 Å². The maximum absolute atomic E-state index is 12.5. The standard InChI is InChI=1S/C17H15ClN4O4/c1-8-6-12(14-9(2)22-26-16(14)20-8)17(24)25-10(3)15(23)21-13-5-4-11(18)7-19-13/h4-7,10H,1-3H3,(H,19,21,23). The molecule has 0 bridgehead atoms. The largest absolute Gasteiger partial charge is 0.449 e. The fraction of sp³-hybridized carbons (Fsp3) is 0.235. The maximum atomic E-state index is 12.5. The smallest absolute Gasteiger partial charge is 0.339 e. The van der Waals surface area contributed by atoms with E-state index in [1.807, 2.05) is 0 Å². The summed E-state index contributed by atoms with van der Waals surface area (Å²) in [6.07, 6.45) is 0.364. The number of halogens is 1. The van der Waals surface area contributed by atoms with Crippen molar-refractivity contribution in [2.45, 2.75) is 26.9 Å². The van der Waals surface area contributed by atoms with Crippen LogP contribution in [-0.2, 0) is 9.53 Å². The number of nitrogens with zero attached hydrogens (tertiary/aromatic N) is 3. The van der Waals surface area contributed by atoms with Gasteiger partial charge in [-0.15, -0.1) is 0 Å². The van der Waals surface area contributed by atoms with Crippen molar-refractivity contribution >= 4 is 40.4 Å². The molecule has 1 N–H and O–H groups in total. The van der Waals surface area contributed by atoms with Crippen LogP contribution in [0.25, 0.3) is 11.1 Å². The van der Waals surface area contributed by atoms with Gasteiger partial charge in [-0.3, -0.25) is 4.79 Å². The topological polar surface area (TPSA) is 107 Å². The lowest BCUT2D eigenvalue weighted by atomic mass is 10.1. The Kier molecular flexibility index (Phi) is 4.85. The van der Waals surface area contributed by atoms with E-state index in [2.05, 4.69) is 20.4 Å². The molecule has 0 saturated heterocycles. The Balaban J connectivity index is 1.76. The number of aryl methyl sites for hydroxylation is 2. The van der Waals surface area contributed by atoms with Crippen LogP contribution in [0.3, 0.4) is 0 Å². The third kappa shape index (κ3) is 3.65. The van der Waals surface area contributed by atoms with E-state index >= 15 is 0 Å². The summed E-state index contributed by atoms with van der Waals surface area (Å²) in [5.74, 6) is -0.880. The Morgan fingerprint density at radius 1 is 1.31 bits per heavy atom. The lowest BCUT2D eigenvalue weighted by molar-refractivity contribution is -0.123. The van der Waals surface area contributed by atoms with E-state index in [1.54, 1.807) is 32.0 Å². The van der Waals surface area contributed by atoms with Gasteiger partial charge in [0, 0.05) is 11.9 Å². The molecule has 0 aliphatic rings. The molecule has 0 radical (unpaired) electrons. The molecule has 8 nitrogen and oxygen atoms in total. The molecular weight excluding hydrogens is 360 g/mol. The second-order valence-electron chi connectivity index (χ2n) is 5.66. The van der Waals surface area contributed by atoms with Gasteiger partial charge in [-0.25, -0.2) is 14.8 Å². The molecule has 26 heavy (non-hydrogen) atoms. The molecule has 134 valence electrons. The number of rotatable bonds is 4. The van der Waals surface area contributed by atoms with Crippen LogP contribution in [0, 0.1) is 13.8 Å². The van der Waals surface area contributed by atoms with E-state index in [1.165, 1.54) is 13.1 Å². The SMILES string of the molecule is Cc1cc(C(=O)OC(C)C(=O)Nc2ccc(Cl)cn2)c2c(C)noc2n1. The van der Waals surface area contributed by atoms with Crippen LogP contribution in [0.2, 0.25) is 5.02 Å². The summed E-state index contributed by atoms with van der Waals surface area (Å²) in [4.78, 5) is 32.9. The Morgan fingerprint density at radius 2 is 2.08 bits per heavy atom. The molecular formula is C17H15ClN4O4. The average Bonchev–Trinajstić information content (AvgIpc) is 2.96. The number of hydrogen-bond acceptors (Lipinski definition) is 7. The molecule has 0 aromatic carbocycles. The van der Waals surface area contributed by atoms with E-state index in [0.717, 1.165) is 0 Å². The first-order chi connectivity index (χ1) is 12.3. The number of nitrogens with one attached hydrogen (secondary N) is 1. The third-order valence-electron chi connectivity index (χ3n) is 3.60. The monoisotopic (exact) mass is 374 g/mol. The van der Waals surface area contributed by atoms with Gasteiger partial charge in [-0.05, 0) is 39.0 Å². The van der Waals surface area contributed by atoms with Gasteiger partial charge in [-0.2, -0.15) is 0 Å².